The summed E-state index contributed by atoms with van der Waals surface area (Å²) in [5, 5.41) is 9.33. The number of hydrogen-bond acceptors (Lipinski definition) is 3. The van der Waals surface area contributed by atoms with Crippen LogP contribution in [0.25, 0.3) is 0 Å². The van der Waals surface area contributed by atoms with Gasteiger partial charge in [-0.1, -0.05) is 60.8 Å². The van der Waals surface area contributed by atoms with E-state index in [1.807, 2.05) is 20.9 Å². The number of piperidine rings is 1. The molecule has 0 aromatic carbocycles. The van der Waals surface area contributed by atoms with E-state index < -0.39 is 0 Å². The normalized spacial score (nSPS) is 13.5. The molecular formula is C19H43F2N3. The summed E-state index contributed by atoms with van der Waals surface area (Å²) in [4.78, 5) is 0. The van der Waals surface area contributed by atoms with Gasteiger partial charge in [0.1, 0.15) is 5.83 Å². The molecule has 24 heavy (non-hydrogen) atoms. The van der Waals surface area contributed by atoms with Crippen molar-refractivity contribution in [3.8, 4) is 0 Å². The molecule has 1 heterocycles. The van der Waals surface area contributed by atoms with Crippen LogP contribution < -0.4 is 16.0 Å². The Morgan fingerprint density at radius 2 is 1.50 bits per heavy atom. The highest BCUT2D eigenvalue weighted by Gasteiger charge is 2.10. The SMILES string of the molecule is CC(C)NCC(F)=C1CCNCC1.CCCCC.CNC(C)C.F. The molecule has 0 aromatic rings. The van der Waals surface area contributed by atoms with E-state index in [9.17, 15) is 4.39 Å². The first-order valence-electron chi connectivity index (χ1n) is 9.36. The van der Waals surface area contributed by atoms with Gasteiger partial charge in [0.2, 0.25) is 0 Å². The van der Waals surface area contributed by atoms with Crippen molar-refractivity contribution in [2.45, 2.75) is 85.7 Å². The van der Waals surface area contributed by atoms with Crippen molar-refractivity contribution in [1.29, 1.82) is 0 Å². The van der Waals surface area contributed by atoms with Crippen LogP contribution in [0.3, 0.4) is 0 Å². The van der Waals surface area contributed by atoms with Crippen LogP contribution in [0, 0.1) is 0 Å². The van der Waals surface area contributed by atoms with Gasteiger partial charge in [-0.3, -0.25) is 4.70 Å². The van der Waals surface area contributed by atoms with E-state index in [0.29, 0.717) is 18.6 Å². The predicted molar refractivity (Wildman–Crippen MR) is 105 cm³/mol. The first-order chi connectivity index (χ1) is 10.9. The molecule has 0 unspecified atom stereocenters. The Bertz CT molecular complexity index is 270. The molecule has 0 spiro atoms. The summed E-state index contributed by atoms with van der Waals surface area (Å²) in [6, 6.07) is 0.989. The van der Waals surface area contributed by atoms with Crippen LogP contribution in [0.5, 0.6) is 0 Å². The molecule has 1 fully saturated rings. The first kappa shape index (κ1) is 28.3. The lowest BCUT2D eigenvalue weighted by molar-refractivity contribution is 0.502. The Morgan fingerprint density at radius 1 is 1.04 bits per heavy atom. The fraction of sp³-hybridized carbons (Fsp3) is 0.895. The first-order valence-corrected chi connectivity index (χ1v) is 9.36. The second-order valence-corrected chi connectivity index (χ2v) is 6.59. The van der Waals surface area contributed by atoms with Crippen molar-refractivity contribution in [2.24, 2.45) is 0 Å². The van der Waals surface area contributed by atoms with Gasteiger partial charge in [0, 0.05) is 18.6 Å². The summed E-state index contributed by atoms with van der Waals surface area (Å²) in [7, 11) is 1.95. The van der Waals surface area contributed by atoms with Gasteiger partial charge in [-0.25, -0.2) is 4.39 Å². The van der Waals surface area contributed by atoms with E-state index in [1.54, 1.807) is 0 Å². The molecule has 0 aliphatic carbocycles. The predicted octanol–water partition coefficient (Wildman–Crippen LogP) is 4.55. The molecule has 5 heteroatoms. The third-order valence-electron chi connectivity index (χ3n) is 3.54. The van der Waals surface area contributed by atoms with E-state index in [4.69, 9.17) is 0 Å². The van der Waals surface area contributed by atoms with Gasteiger partial charge < -0.3 is 16.0 Å². The molecule has 0 saturated carbocycles. The quantitative estimate of drug-likeness (QED) is 0.657. The number of nitrogens with one attached hydrogen (secondary N) is 3. The van der Waals surface area contributed by atoms with Crippen molar-refractivity contribution >= 4 is 0 Å². The maximum absolute atomic E-state index is 13.4. The Kier molecular flexibility index (Phi) is 24.2. The highest BCUT2D eigenvalue weighted by molar-refractivity contribution is 5.12. The lowest BCUT2D eigenvalue weighted by atomic mass is 10.0. The lowest BCUT2D eigenvalue weighted by Crippen LogP contribution is -2.27. The molecule has 3 N–H and O–H groups in total. The minimum Gasteiger partial charge on any atom is -0.318 e. The topological polar surface area (TPSA) is 36.1 Å². The number of halogens is 2. The molecule has 0 bridgehead atoms. The van der Waals surface area contributed by atoms with E-state index in [-0.39, 0.29) is 10.5 Å². The molecular weight excluding hydrogens is 308 g/mol. The number of unbranched alkanes of at least 4 members (excludes halogenated alkanes) is 2. The fourth-order valence-electron chi connectivity index (χ4n) is 1.77. The minimum absolute atomic E-state index is 0. The minimum atomic E-state index is 0. The van der Waals surface area contributed by atoms with Crippen LogP contribution in [-0.2, 0) is 0 Å². The summed E-state index contributed by atoms with van der Waals surface area (Å²) >= 11 is 0. The summed E-state index contributed by atoms with van der Waals surface area (Å²) in [5.41, 5.74) is 0.992. The number of hydrogen-bond donors (Lipinski definition) is 3. The van der Waals surface area contributed by atoms with Gasteiger partial charge in [-0.2, -0.15) is 0 Å². The van der Waals surface area contributed by atoms with Gasteiger partial charge in [0.05, 0.1) is 0 Å². The van der Waals surface area contributed by atoms with E-state index in [1.165, 1.54) is 19.3 Å². The molecule has 0 amide bonds. The Morgan fingerprint density at radius 3 is 1.79 bits per heavy atom. The average molecular weight is 352 g/mol. The molecule has 1 aliphatic heterocycles. The number of rotatable bonds is 6. The highest BCUT2D eigenvalue weighted by atomic mass is 19.1. The van der Waals surface area contributed by atoms with Gasteiger partial charge in [-0.15, -0.1) is 0 Å². The molecule has 1 saturated heterocycles. The molecule has 3 nitrogen and oxygen atoms in total. The lowest BCUT2D eigenvalue weighted by Gasteiger charge is -2.17. The smallest absolute Gasteiger partial charge is 0.113 e. The molecule has 1 rings (SSSR count). The van der Waals surface area contributed by atoms with Crippen LogP contribution in [0.1, 0.15) is 73.6 Å². The molecule has 148 valence electrons. The molecule has 1 aliphatic rings. The summed E-state index contributed by atoms with van der Waals surface area (Å²) in [6.07, 6.45) is 5.81. The van der Waals surface area contributed by atoms with Gasteiger partial charge in [0.15, 0.2) is 0 Å². The molecule has 0 atom stereocenters. The maximum atomic E-state index is 13.4. The van der Waals surface area contributed by atoms with Gasteiger partial charge >= 0.3 is 0 Å². The standard InChI is InChI=1S/C10H19FN2.C5H12.C4H11N.FH/c1-8(2)13-7-10(11)9-3-5-12-6-4-9;1-3-5-4-2;1-4(2)5-3;/h8,12-13H,3-7H2,1-2H3;3-5H2,1-2H3;4-5H,1-3H3;1H. The second kappa shape index (κ2) is 20.5. The van der Waals surface area contributed by atoms with Crippen molar-refractivity contribution < 1.29 is 9.09 Å². The zero-order chi connectivity index (χ0) is 18.1. The summed E-state index contributed by atoms with van der Waals surface area (Å²) < 4.78 is 13.4. The van der Waals surface area contributed by atoms with Gasteiger partial charge in [-0.05, 0) is 38.6 Å². The molecule has 0 aromatic heterocycles. The van der Waals surface area contributed by atoms with Crippen LogP contribution in [-0.4, -0.2) is 38.8 Å². The largest absolute Gasteiger partial charge is 0.318 e. The highest BCUT2D eigenvalue weighted by Crippen LogP contribution is 2.16. The van der Waals surface area contributed by atoms with Crippen LogP contribution >= 0.6 is 0 Å². The summed E-state index contributed by atoms with van der Waals surface area (Å²) in [6.45, 7) is 14.9. The maximum Gasteiger partial charge on any atom is 0.113 e. The van der Waals surface area contributed by atoms with Crippen LogP contribution in [0.2, 0.25) is 0 Å². The van der Waals surface area contributed by atoms with E-state index in [0.717, 1.165) is 31.5 Å². The monoisotopic (exact) mass is 351 g/mol. The van der Waals surface area contributed by atoms with Crippen LogP contribution in [0.4, 0.5) is 9.09 Å². The third kappa shape index (κ3) is 21.5. The Hall–Kier alpha value is -0.520. The van der Waals surface area contributed by atoms with E-state index in [2.05, 4.69) is 43.6 Å². The van der Waals surface area contributed by atoms with Crippen molar-refractivity contribution in [3.05, 3.63) is 11.4 Å². The zero-order valence-corrected chi connectivity index (χ0v) is 17.1. The van der Waals surface area contributed by atoms with Crippen molar-refractivity contribution in [1.82, 2.24) is 16.0 Å². The summed E-state index contributed by atoms with van der Waals surface area (Å²) in [5.74, 6) is 0.0511. The fourth-order valence-corrected chi connectivity index (χ4v) is 1.77. The Balaban J connectivity index is -0.000000337. The van der Waals surface area contributed by atoms with Crippen LogP contribution in [0.15, 0.2) is 11.4 Å². The van der Waals surface area contributed by atoms with Gasteiger partial charge in [0.25, 0.3) is 0 Å². The average Bonchev–Trinajstić information content (AvgIpc) is 2.55. The Labute approximate surface area is 149 Å². The second-order valence-electron chi connectivity index (χ2n) is 6.59. The third-order valence-corrected chi connectivity index (χ3v) is 3.54. The van der Waals surface area contributed by atoms with E-state index >= 15 is 0 Å². The zero-order valence-electron chi connectivity index (χ0n) is 17.1. The molecule has 0 radical (unpaired) electrons. The van der Waals surface area contributed by atoms with Crippen molar-refractivity contribution in [3.63, 3.8) is 0 Å². The van der Waals surface area contributed by atoms with Crippen molar-refractivity contribution in [2.75, 3.05) is 26.7 Å².